The number of carbonyl (C=O) groups is 1. The molecule has 1 N–H and O–H groups in total. The van der Waals surface area contributed by atoms with Gasteiger partial charge in [0.15, 0.2) is 5.78 Å². The van der Waals surface area contributed by atoms with Crippen LogP contribution in [0.25, 0.3) is 6.08 Å². The maximum absolute atomic E-state index is 12.8. The fourth-order valence-corrected chi connectivity index (χ4v) is 3.01. The Morgan fingerprint density at radius 2 is 1.93 bits per heavy atom. The molecule has 0 aliphatic carbocycles. The largest absolute Gasteiger partial charge is 0.507 e. The van der Waals surface area contributed by atoms with Crippen molar-refractivity contribution in [2.75, 3.05) is 21.2 Å². The minimum atomic E-state index is -0.415. The molecular formula is C24H29NO3. The summed E-state index contributed by atoms with van der Waals surface area (Å²) >= 11 is 0. The minimum absolute atomic E-state index is 0.0721. The van der Waals surface area contributed by atoms with Crippen molar-refractivity contribution in [2.45, 2.75) is 25.8 Å². The molecule has 0 unspecified atom stereocenters. The highest BCUT2D eigenvalue weighted by molar-refractivity contribution is 6.08. The highest BCUT2D eigenvalue weighted by atomic mass is 16.5. The molecule has 0 saturated heterocycles. The maximum atomic E-state index is 12.8. The van der Waals surface area contributed by atoms with E-state index < -0.39 is 5.41 Å². The van der Waals surface area contributed by atoms with E-state index in [0.29, 0.717) is 17.9 Å². The fraction of sp³-hybridized carbons (Fsp3) is 0.292. The minimum Gasteiger partial charge on any atom is -0.507 e. The fourth-order valence-electron chi connectivity index (χ4n) is 3.01. The van der Waals surface area contributed by atoms with Gasteiger partial charge in [-0.2, -0.15) is 0 Å². The average Bonchev–Trinajstić information content (AvgIpc) is 2.66. The van der Waals surface area contributed by atoms with Crippen molar-refractivity contribution in [1.29, 1.82) is 0 Å². The van der Waals surface area contributed by atoms with Crippen LogP contribution in [-0.2, 0) is 12.0 Å². The van der Waals surface area contributed by atoms with Crippen molar-refractivity contribution >= 4 is 11.9 Å². The predicted molar refractivity (Wildman–Crippen MR) is 115 cm³/mol. The molecule has 0 aliphatic rings. The second-order valence-electron chi connectivity index (χ2n) is 7.63. The van der Waals surface area contributed by atoms with Crippen molar-refractivity contribution in [2.24, 2.45) is 0 Å². The molecule has 0 heterocycles. The Kier molecular flexibility index (Phi) is 6.81. The third-order valence-corrected chi connectivity index (χ3v) is 4.74. The smallest absolute Gasteiger partial charge is 0.186 e. The molecule has 0 atom stereocenters. The van der Waals surface area contributed by atoms with Crippen LogP contribution in [0.5, 0.6) is 11.5 Å². The molecule has 4 heteroatoms. The first-order valence-electron chi connectivity index (χ1n) is 9.19. The molecule has 0 aromatic heterocycles. The van der Waals surface area contributed by atoms with E-state index in [-0.39, 0.29) is 11.5 Å². The van der Waals surface area contributed by atoms with Crippen molar-refractivity contribution < 1.29 is 14.6 Å². The summed E-state index contributed by atoms with van der Waals surface area (Å²) in [5.74, 6) is 0.574. The van der Waals surface area contributed by atoms with Gasteiger partial charge in [0, 0.05) is 34.7 Å². The van der Waals surface area contributed by atoms with Crippen LogP contribution >= 0.6 is 0 Å². The Morgan fingerprint density at radius 3 is 2.54 bits per heavy atom. The second-order valence-corrected chi connectivity index (χ2v) is 7.63. The Balaban J connectivity index is 2.42. The quantitative estimate of drug-likeness (QED) is 0.406. The molecule has 0 aliphatic heterocycles. The Hall–Kier alpha value is -2.85. The summed E-state index contributed by atoms with van der Waals surface area (Å²) in [5.41, 5.74) is 2.69. The van der Waals surface area contributed by atoms with Gasteiger partial charge in [0.05, 0.1) is 7.11 Å². The Morgan fingerprint density at radius 1 is 1.25 bits per heavy atom. The molecular weight excluding hydrogens is 350 g/mol. The zero-order chi connectivity index (χ0) is 20.9. The monoisotopic (exact) mass is 379 g/mol. The van der Waals surface area contributed by atoms with Crippen LogP contribution in [0.1, 0.15) is 40.9 Å². The van der Waals surface area contributed by atoms with Crippen LogP contribution < -0.4 is 4.74 Å². The summed E-state index contributed by atoms with van der Waals surface area (Å²) < 4.78 is 5.39. The molecule has 28 heavy (non-hydrogen) atoms. The third-order valence-electron chi connectivity index (χ3n) is 4.74. The average molecular weight is 380 g/mol. The summed E-state index contributed by atoms with van der Waals surface area (Å²) in [6, 6.07) is 11.0. The van der Waals surface area contributed by atoms with E-state index in [0.717, 1.165) is 16.7 Å². The number of phenolic OH excluding ortho intramolecular Hbond substituents is 1. The van der Waals surface area contributed by atoms with E-state index in [1.807, 2.05) is 63.2 Å². The maximum Gasteiger partial charge on any atom is 0.186 e. The predicted octanol–water partition coefficient (Wildman–Crippen LogP) is 4.82. The number of hydrogen-bond acceptors (Lipinski definition) is 4. The first-order chi connectivity index (χ1) is 13.2. The molecule has 0 bridgehead atoms. The number of hydrogen-bond donors (Lipinski definition) is 1. The number of ether oxygens (including phenoxy) is 1. The number of aromatic hydroxyl groups is 1. The second kappa shape index (κ2) is 8.89. The summed E-state index contributed by atoms with van der Waals surface area (Å²) in [7, 11) is 5.49. The third kappa shape index (κ3) is 4.90. The Bertz CT molecular complexity index is 895. The lowest BCUT2D eigenvalue weighted by molar-refractivity contribution is 0.104. The number of benzene rings is 2. The van der Waals surface area contributed by atoms with Gasteiger partial charge in [-0.3, -0.25) is 4.79 Å². The summed E-state index contributed by atoms with van der Waals surface area (Å²) in [4.78, 5) is 14.8. The number of ketones is 1. The van der Waals surface area contributed by atoms with Crippen LogP contribution in [0.3, 0.4) is 0 Å². The van der Waals surface area contributed by atoms with Crippen LogP contribution in [0, 0.1) is 0 Å². The number of methoxy groups -OCH3 is 1. The highest BCUT2D eigenvalue weighted by Crippen LogP contribution is 2.37. The van der Waals surface area contributed by atoms with Gasteiger partial charge in [-0.1, -0.05) is 44.2 Å². The van der Waals surface area contributed by atoms with Gasteiger partial charge >= 0.3 is 0 Å². The van der Waals surface area contributed by atoms with Crippen molar-refractivity contribution in [3.63, 3.8) is 0 Å². The van der Waals surface area contributed by atoms with Gasteiger partial charge in [-0.25, -0.2) is 0 Å². The van der Waals surface area contributed by atoms with E-state index >= 15 is 0 Å². The van der Waals surface area contributed by atoms with Gasteiger partial charge in [0.1, 0.15) is 11.5 Å². The van der Waals surface area contributed by atoms with E-state index in [2.05, 4.69) is 6.58 Å². The normalized spacial score (nSPS) is 11.8. The first kappa shape index (κ1) is 21.5. The van der Waals surface area contributed by atoms with E-state index in [4.69, 9.17) is 4.74 Å². The molecule has 2 aromatic carbocycles. The number of carbonyl (C=O) groups excluding carboxylic acids is 1. The zero-order valence-electron chi connectivity index (χ0n) is 17.3. The molecule has 0 spiro atoms. The topological polar surface area (TPSA) is 49.8 Å². The lowest BCUT2D eigenvalue weighted by atomic mass is 9.83. The van der Waals surface area contributed by atoms with Gasteiger partial charge in [-0.05, 0) is 37.9 Å². The number of rotatable bonds is 8. The molecule has 2 aromatic rings. The summed E-state index contributed by atoms with van der Waals surface area (Å²) in [5, 5.41) is 10.4. The van der Waals surface area contributed by atoms with Gasteiger partial charge in [0.2, 0.25) is 0 Å². The first-order valence-corrected chi connectivity index (χ1v) is 9.19. The molecule has 0 radical (unpaired) electrons. The van der Waals surface area contributed by atoms with Crippen LogP contribution in [-0.4, -0.2) is 37.0 Å². The van der Waals surface area contributed by atoms with Gasteiger partial charge < -0.3 is 14.7 Å². The van der Waals surface area contributed by atoms with E-state index in [9.17, 15) is 9.90 Å². The lowest BCUT2D eigenvalue weighted by Crippen LogP contribution is -2.14. The Labute approximate surface area is 167 Å². The van der Waals surface area contributed by atoms with Crippen LogP contribution in [0.15, 0.2) is 55.1 Å². The molecule has 0 saturated carbocycles. The lowest BCUT2D eigenvalue weighted by Gasteiger charge is -2.23. The van der Waals surface area contributed by atoms with E-state index in [1.165, 1.54) is 0 Å². The summed E-state index contributed by atoms with van der Waals surface area (Å²) in [6.07, 6.45) is 5.06. The van der Waals surface area contributed by atoms with Crippen molar-refractivity contribution in [3.8, 4) is 11.5 Å². The molecule has 2 rings (SSSR count). The SMILES string of the molecule is C=CC(C)(C)c1cc(C=CC(=O)c2ccccc2CN(C)C)c(OC)cc1O. The summed E-state index contributed by atoms with van der Waals surface area (Å²) in [6.45, 7) is 8.48. The molecule has 4 nitrogen and oxygen atoms in total. The molecule has 0 amide bonds. The van der Waals surface area contributed by atoms with E-state index in [1.54, 1.807) is 31.4 Å². The number of phenols is 1. The van der Waals surface area contributed by atoms with Crippen LogP contribution in [0.2, 0.25) is 0 Å². The molecule has 148 valence electrons. The van der Waals surface area contributed by atoms with Crippen molar-refractivity contribution in [1.82, 2.24) is 4.90 Å². The van der Waals surface area contributed by atoms with Gasteiger partial charge in [0.25, 0.3) is 0 Å². The molecule has 0 fully saturated rings. The van der Waals surface area contributed by atoms with Crippen LogP contribution in [0.4, 0.5) is 0 Å². The zero-order valence-corrected chi connectivity index (χ0v) is 17.3. The standard InChI is InChI=1S/C24H29NO3/c1-7-24(2,3)20-14-17(23(28-6)15-22(20)27)12-13-21(26)19-11-9-8-10-18(19)16-25(4)5/h7-15,27H,1,16H2,2-6H3. The van der Waals surface area contributed by atoms with Crippen molar-refractivity contribution in [3.05, 3.63) is 77.4 Å². The number of allylic oxidation sites excluding steroid dienone is 2. The van der Waals surface area contributed by atoms with Gasteiger partial charge in [-0.15, -0.1) is 6.58 Å². The number of nitrogens with zero attached hydrogens (tertiary/aromatic N) is 1. The highest BCUT2D eigenvalue weighted by Gasteiger charge is 2.22.